The molecule has 8 nitrogen and oxygen atoms in total. The number of carbonyl (C=O) groups is 3. The van der Waals surface area contributed by atoms with Crippen LogP contribution in [0.25, 0.3) is 5.76 Å². The Hall–Kier alpha value is -3.95. The number of nitrogens with zero attached hydrogens (tertiary/aromatic N) is 2. The van der Waals surface area contributed by atoms with Gasteiger partial charge in [0.05, 0.1) is 23.9 Å². The topological polar surface area (TPSA) is 106 Å². The number of aliphatic hydroxyl groups excluding tert-OH is 1. The van der Waals surface area contributed by atoms with Gasteiger partial charge in [-0.25, -0.2) is 9.78 Å². The monoisotopic (exact) mass is 538 g/mol. The number of aromatic nitrogens is 1. The van der Waals surface area contributed by atoms with Crippen molar-refractivity contribution < 1.29 is 29.0 Å². The van der Waals surface area contributed by atoms with Crippen LogP contribution in [-0.2, 0) is 14.3 Å². The number of rotatable bonds is 8. The predicted octanol–water partition coefficient (Wildman–Crippen LogP) is 5.47. The molecule has 1 unspecified atom stereocenters. The van der Waals surface area contributed by atoms with E-state index in [1.807, 2.05) is 6.92 Å². The lowest BCUT2D eigenvalue weighted by molar-refractivity contribution is -0.132. The number of halogens is 1. The molecule has 0 saturated carbocycles. The molecule has 1 atom stereocenters. The quantitative estimate of drug-likeness (QED) is 0.133. The van der Waals surface area contributed by atoms with Gasteiger partial charge in [0.15, 0.2) is 5.13 Å². The predicted molar refractivity (Wildman–Crippen MR) is 141 cm³/mol. The van der Waals surface area contributed by atoms with E-state index in [9.17, 15) is 19.5 Å². The van der Waals surface area contributed by atoms with E-state index in [0.717, 1.165) is 11.3 Å². The lowest BCUT2D eigenvalue weighted by Gasteiger charge is -2.23. The smallest absolute Gasteiger partial charge is 0.350 e. The average Bonchev–Trinajstić information content (AvgIpc) is 3.39. The third-order valence-corrected chi connectivity index (χ3v) is 6.91. The number of ether oxygens (including phenoxy) is 2. The summed E-state index contributed by atoms with van der Waals surface area (Å²) in [6.45, 7) is 7.39. The van der Waals surface area contributed by atoms with Crippen molar-refractivity contribution in [2.45, 2.75) is 19.9 Å². The van der Waals surface area contributed by atoms with Gasteiger partial charge in [-0.15, -0.1) is 0 Å². The van der Waals surface area contributed by atoms with Crippen molar-refractivity contribution in [2.75, 3.05) is 18.1 Å². The number of Topliss-reactive ketones (excluding diaryl/α,β-unsaturated/α-hetero) is 1. The number of esters is 1. The number of hydrogen-bond donors (Lipinski definition) is 1. The summed E-state index contributed by atoms with van der Waals surface area (Å²) in [6, 6.07) is 12.2. The number of hydrogen-bond acceptors (Lipinski definition) is 8. The van der Waals surface area contributed by atoms with Crippen LogP contribution in [0.15, 0.2) is 66.8 Å². The molecule has 10 heteroatoms. The summed E-state index contributed by atoms with van der Waals surface area (Å²) in [5, 5.41) is 11.8. The highest BCUT2D eigenvalue weighted by Crippen LogP contribution is 2.44. The Labute approximate surface area is 222 Å². The summed E-state index contributed by atoms with van der Waals surface area (Å²) < 4.78 is 10.6. The number of amides is 1. The van der Waals surface area contributed by atoms with Crippen molar-refractivity contribution in [2.24, 2.45) is 0 Å². The van der Waals surface area contributed by atoms with Crippen LogP contribution in [-0.4, -0.2) is 41.0 Å². The van der Waals surface area contributed by atoms with Crippen LogP contribution < -0.4 is 9.64 Å². The summed E-state index contributed by atoms with van der Waals surface area (Å²) >= 11 is 7.16. The van der Waals surface area contributed by atoms with Gasteiger partial charge in [0.25, 0.3) is 5.78 Å². The lowest BCUT2D eigenvalue weighted by atomic mass is 9.95. The normalized spacial score (nSPS) is 16.6. The van der Waals surface area contributed by atoms with Crippen LogP contribution in [0, 0.1) is 6.92 Å². The van der Waals surface area contributed by atoms with E-state index in [1.165, 1.54) is 11.0 Å². The van der Waals surface area contributed by atoms with Crippen molar-refractivity contribution in [1.82, 2.24) is 4.98 Å². The summed E-state index contributed by atoms with van der Waals surface area (Å²) in [6.07, 6.45) is 1.44. The van der Waals surface area contributed by atoms with Crippen LogP contribution >= 0.6 is 22.9 Å². The number of aryl methyl sites for hydroxylation is 1. The van der Waals surface area contributed by atoms with Crippen molar-refractivity contribution in [3.63, 3.8) is 0 Å². The van der Waals surface area contributed by atoms with Gasteiger partial charge in [-0.3, -0.25) is 14.5 Å². The van der Waals surface area contributed by atoms with Crippen molar-refractivity contribution in [1.29, 1.82) is 0 Å². The van der Waals surface area contributed by atoms with Crippen LogP contribution in [0.5, 0.6) is 5.75 Å². The van der Waals surface area contributed by atoms with Crippen LogP contribution in [0.2, 0.25) is 5.02 Å². The molecular formula is C27H23ClN2O6S. The van der Waals surface area contributed by atoms with E-state index in [0.29, 0.717) is 34.2 Å². The van der Waals surface area contributed by atoms with Gasteiger partial charge in [0.1, 0.15) is 23.0 Å². The molecule has 0 bridgehead atoms. The fourth-order valence-corrected chi connectivity index (χ4v) is 5.14. The first-order valence-electron chi connectivity index (χ1n) is 11.3. The van der Waals surface area contributed by atoms with E-state index >= 15 is 0 Å². The Kier molecular flexibility index (Phi) is 7.75. The maximum atomic E-state index is 13.4. The van der Waals surface area contributed by atoms with Crippen molar-refractivity contribution in [3.8, 4) is 5.75 Å². The second-order valence-electron chi connectivity index (χ2n) is 7.98. The number of anilines is 1. The Balaban J connectivity index is 1.88. The third-order valence-electron chi connectivity index (χ3n) is 5.54. The molecule has 1 amide bonds. The molecule has 1 aliphatic heterocycles. The maximum absolute atomic E-state index is 13.4. The highest BCUT2D eigenvalue weighted by molar-refractivity contribution is 7.17. The summed E-state index contributed by atoms with van der Waals surface area (Å²) in [7, 11) is 0. The molecule has 3 aromatic rings. The first-order chi connectivity index (χ1) is 17.8. The minimum absolute atomic E-state index is 0.0132. The Morgan fingerprint density at radius 3 is 2.70 bits per heavy atom. The Morgan fingerprint density at radius 1 is 1.24 bits per heavy atom. The number of thiazole rings is 1. The van der Waals surface area contributed by atoms with Crippen molar-refractivity contribution >= 4 is 51.5 Å². The molecule has 2 heterocycles. The highest BCUT2D eigenvalue weighted by Gasteiger charge is 2.48. The second kappa shape index (κ2) is 11.0. The Bertz CT molecular complexity index is 1430. The largest absolute Gasteiger partial charge is 0.507 e. The van der Waals surface area contributed by atoms with Gasteiger partial charge < -0.3 is 14.6 Å². The molecule has 0 radical (unpaired) electrons. The molecule has 0 aliphatic carbocycles. The first kappa shape index (κ1) is 26.1. The van der Waals surface area contributed by atoms with Gasteiger partial charge in [-0.2, -0.15) is 0 Å². The summed E-state index contributed by atoms with van der Waals surface area (Å²) in [5.74, 6) is -2.28. The molecule has 1 saturated heterocycles. The molecule has 0 spiro atoms. The molecule has 1 aliphatic rings. The van der Waals surface area contributed by atoms with Gasteiger partial charge in [-0.1, -0.05) is 59.9 Å². The lowest BCUT2D eigenvalue weighted by Crippen LogP contribution is -2.29. The van der Waals surface area contributed by atoms with E-state index < -0.39 is 23.7 Å². The van der Waals surface area contributed by atoms with E-state index in [1.54, 1.807) is 55.5 Å². The third kappa shape index (κ3) is 5.14. The number of ketones is 1. The number of aliphatic hydroxyl groups is 1. The summed E-state index contributed by atoms with van der Waals surface area (Å²) in [4.78, 5) is 45.0. The molecule has 190 valence electrons. The second-order valence-corrected chi connectivity index (χ2v) is 9.40. The van der Waals surface area contributed by atoms with Crippen LogP contribution in [0.3, 0.4) is 0 Å². The first-order valence-corrected chi connectivity index (χ1v) is 12.5. The molecule has 1 N–H and O–H groups in total. The highest BCUT2D eigenvalue weighted by atomic mass is 35.5. The zero-order valence-electron chi connectivity index (χ0n) is 20.1. The van der Waals surface area contributed by atoms with Crippen LogP contribution in [0.1, 0.15) is 39.5 Å². The van der Waals surface area contributed by atoms with Crippen molar-refractivity contribution in [3.05, 3.63) is 93.5 Å². The van der Waals surface area contributed by atoms with Gasteiger partial charge in [0.2, 0.25) is 0 Å². The van der Waals surface area contributed by atoms with Gasteiger partial charge in [-0.05, 0) is 43.7 Å². The maximum Gasteiger partial charge on any atom is 0.350 e. The van der Waals surface area contributed by atoms with Crippen LogP contribution in [0.4, 0.5) is 5.13 Å². The minimum atomic E-state index is -1.04. The van der Waals surface area contributed by atoms with E-state index in [4.69, 9.17) is 21.1 Å². The van der Waals surface area contributed by atoms with E-state index in [-0.39, 0.29) is 27.9 Å². The summed E-state index contributed by atoms with van der Waals surface area (Å²) in [5.41, 5.74) is 0.993. The van der Waals surface area contributed by atoms with Gasteiger partial charge >= 0.3 is 11.9 Å². The molecular weight excluding hydrogens is 516 g/mol. The minimum Gasteiger partial charge on any atom is -0.507 e. The standard InChI is InChI=1S/C27H23ClN2O6S/c1-4-12-36-26(34)24-15(3)29-27(37-24)30-21(16-8-6-10-18(28)13-16)20(23(32)25(30)33)22(31)17-9-7-11-19(14-17)35-5-2/h4,6-11,13-14,21,31H,1,5,12H2,2-3H3/b22-20+. The molecule has 2 aromatic carbocycles. The number of carbonyl (C=O) groups excluding carboxylic acids is 3. The van der Waals surface area contributed by atoms with Gasteiger partial charge in [0, 0.05) is 10.6 Å². The zero-order valence-corrected chi connectivity index (χ0v) is 21.6. The Morgan fingerprint density at radius 2 is 2.00 bits per heavy atom. The molecule has 37 heavy (non-hydrogen) atoms. The number of benzene rings is 2. The fourth-order valence-electron chi connectivity index (χ4n) is 3.95. The molecule has 1 aromatic heterocycles. The molecule has 4 rings (SSSR count). The average molecular weight is 539 g/mol. The fraction of sp³-hybridized carbons (Fsp3) is 0.185. The van der Waals surface area contributed by atoms with E-state index in [2.05, 4.69) is 11.6 Å². The SMILES string of the molecule is C=CCOC(=O)c1sc(N2C(=O)C(=O)/C(=C(/O)c3cccc(OCC)c3)C2c2cccc(Cl)c2)nc1C. The molecule has 1 fully saturated rings. The zero-order chi connectivity index (χ0) is 26.7.